The summed E-state index contributed by atoms with van der Waals surface area (Å²) < 4.78 is 26.2. The average molecular weight is 239 g/mol. The van der Waals surface area contributed by atoms with Gasteiger partial charge in [-0.05, 0) is 48.9 Å². The Hall–Kier alpha value is -0.960. The zero-order valence-corrected chi connectivity index (χ0v) is 10.6. The van der Waals surface area contributed by atoms with Crippen LogP contribution in [0, 0.1) is 23.0 Å². The second kappa shape index (κ2) is 4.37. The zero-order valence-electron chi connectivity index (χ0n) is 10.6. The number of rotatable bonds is 4. The van der Waals surface area contributed by atoms with E-state index in [1.165, 1.54) is 18.6 Å². The lowest BCUT2D eigenvalue weighted by atomic mass is 9.97. The summed E-state index contributed by atoms with van der Waals surface area (Å²) in [5, 5.41) is 3.26. The van der Waals surface area contributed by atoms with Crippen LogP contribution in [-0.4, -0.2) is 13.1 Å². The molecule has 0 aliphatic heterocycles. The normalized spacial score (nSPS) is 23.5. The van der Waals surface area contributed by atoms with Gasteiger partial charge in [-0.15, -0.1) is 0 Å². The SMILES string of the molecule is CNC(Cc1cc(F)cc(F)c1)C1CC1(C)C. The molecule has 1 N–H and O–H groups in total. The van der Waals surface area contributed by atoms with E-state index in [0.717, 1.165) is 11.6 Å². The van der Waals surface area contributed by atoms with Gasteiger partial charge in [0.25, 0.3) is 0 Å². The molecule has 2 rings (SSSR count). The number of nitrogens with one attached hydrogen (secondary N) is 1. The van der Waals surface area contributed by atoms with Gasteiger partial charge in [0.15, 0.2) is 0 Å². The van der Waals surface area contributed by atoms with Crippen LogP contribution < -0.4 is 5.32 Å². The molecule has 0 amide bonds. The molecule has 1 nitrogen and oxygen atoms in total. The molecular weight excluding hydrogens is 220 g/mol. The van der Waals surface area contributed by atoms with Gasteiger partial charge in [-0.25, -0.2) is 8.78 Å². The van der Waals surface area contributed by atoms with Crippen LogP contribution in [0.1, 0.15) is 25.8 Å². The minimum Gasteiger partial charge on any atom is -0.316 e. The Kier molecular flexibility index (Phi) is 3.21. The number of hydrogen-bond acceptors (Lipinski definition) is 1. The molecule has 1 aromatic carbocycles. The van der Waals surface area contributed by atoms with Crippen LogP contribution in [0.15, 0.2) is 18.2 Å². The van der Waals surface area contributed by atoms with Crippen molar-refractivity contribution in [3.8, 4) is 0 Å². The molecule has 1 aromatic rings. The van der Waals surface area contributed by atoms with Crippen molar-refractivity contribution in [1.82, 2.24) is 5.32 Å². The molecule has 0 heterocycles. The maximum Gasteiger partial charge on any atom is 0.126 e. The highest BCUT2D eigenvalue weighted by Gasteiger charge is 2.49. The van der Waals surface area contributed by atoms with Crippen molar-refractivity contribution in [2.45, 2.75) is 32.7 Å². The first-order chi connectivity index (χ1) is 7.92. The van der Waals surface area contributed by atoms with Crippen molar-refractivity contribution in [3.05, 3.63) is 35.4 Å². The molecule has 0 spiro atoms. The van der Waals surface area contributed by atoms with Gasteiger partial charge in [0.1, 0.15) is 11.6 Å². The molecule has 1 fully saturated rings. The number of likely N-dealkylation sites (N-methyl/N-ethyl adjacent to an activating group) is 1. The highest BCUT2D eigenvalue weighted by atomic mass is 19.1. The first-order valence-electron chi connectivity index (χ1n) is 6.04. The third-order valence-corrected chi connectivity index (χ3v) is 3.82. The van der Waals surface area contributed by atoms with E-state index in [1.807, 2.05) is 7.05 Å². The standard InChI is InChI=1S/C14H19F2N/c1-14(2)8-12(14)13(17-3)6-9-4-10(15)7-11(16)5-9/h4-5,7,12-13,17H,6,8H2,1-3H3. The van der Waals surface area contributed by atoms with Crippen LogP contribution in [0.5, 0.6) is 0 Å². The zero-order chi connectivity index (χ0) is 12.6. The van der Waals surface area contributed by atoms with Gasteiger partial charge in [0.05, 0.1) is 0 Å². The van der Waals surface area contributed by atoms with Crippen LogP contribution >= 0.6 is 0 Å². The Morgan fingerprint density at radius 2 is 1.82 bits per heavy atom. The third kappa shape index (κ3) is 2.83. The van der Waals surface area contributed by atoms with E-state index in [1.54, 1.807) is 0 Å². The van der Waals surface area contributed by atoms with Crippen LogP contribution in [0.2, 0.25) is 0 Å². The summed E-state index contributed by atoms with van der Waals surface area (Å²) in [7, 11) is 1.91. The number of benzene rings is 1. The van der Waals surface area contributed by atoms with Crippen molar-refractivity contribution < 1.29 is 8.78 Å². The van der Waals surface area contributed by atoms with E-state index >= 15 is 0 Å². The maximum atomic E-state index is 13.1. The van der Waals surface area contributed by atoms with Crippen LogP contribution in [0.3, 0.4) is 0 Å². The quantitative estimate of drug-likeness (QED) is 0.851. The Morgan fingerprint density at radius 1 is 1.29 bits per heavy atom. The van der Waals surface area contributed by atoms with Crippen LogP contribution in [-0.2, 0) is 6.42 Å². The first-order valence-corrected chi connectivity index (χ1v) is 6.04. The van der Waals surface area contributed by atoms with Gasteiger partial charge in [-0.3, -0.25) is 0 Å². The van der Waals surface area contributed by atoms with Gasteiger partial charge < -0.3 is 5.32 Å². The smallest absolute Gasteiger partial charge is 0.126 e. The van der Waals surface area contributed by atoms with Crippen molar-refractivity contribution in [2.24, 2.45) is 11.3 Å². The van der Waals surface area contributed by atoms with Gasteiger partial charge in [-0.1, -0.05) is 13.8 Å². The molecule has 0 radical (unpaired) electrons. The summed E-state index contributed by atoms with van der Waals surface area (Å²) in [5.41, 5.74) is 1.09. The Balaban J connectivity index is 2.08. The van der Waals surface area contributed by atoms with E-state index in [4.69, 9.17) is 0 Å². The topological polar surface area (TPSA) is 12.0 Å². The lowest BCUT2D eigenvalue weighted by molar-refractivity contribution is 0.424. The summed E-state index contributed by atoms with van der Waals surface area (Å²) >= 11 is 0. The van der Waals surface area contributed by atoms with Crippen LogP contribution in [0.4, 0.5) is 8.78 Å². The molecular formula is C14H19F2N. The average Bonchev–Trinajstić information content (AvgIpc) is 2.82. The monoisotopic (exact) mass is 239 g/mol. The van der Waals surface area contributed by atoms with Gasteiger partial charge >= 0.3 is 0 Å². The summed E-state index contributed by atoms with van der Waals surface area (Å²) in [6, 6.07) is 4.05. The fourth-order valence-electron chi connectivity index (χ4n) is 2.62. The predicted molar refractivity (Wildman–Crippen MR) is 64.8 cm³/mol. The molecule has 1 aliphatic rings. The maximum absolute atomic E-state index is 13.1. The number of hydrogen-bond donors (Lipinski definition) is 1. The fraction of sp³-hybridized carbons (Fsp3) is 0.571. The van der Waals surface area contributed by atoms with Crippen molar-refractivity contribution >= 4 is 0 Å². The minimum atomic E-state index is -0.495. The Labute approximate surface area is 101 Å². The van der Waals surface area contributed by atoms with E-state index < -0.39 is 11.6 Å². The highest BCUT2D eigenvalue weighted by molar-refractivity contribution is 5.20. The first kappa shape index (κ1) is 12.5. The molecule has 0 saturated heterocycles. The molecule has 2 unspecified atom stereocenters. The Bertz CT molecular complexity index is 394. The predicted octanol–water partition coefficient (Wildman–Crippen LogP) is 3.14. The second-order valence-electron chi connectivity index (χ2n) is 5.68. The largest absolute Gasteiger partial charge is 0.316 e. The summed E-state index contributed by atoms with van der Waals surface area (Å²) in [6.45, 7) is 4.46. The molecule has 0 aromatic heterocycles. The van der Waals surface area contributed by atoms with E-state index in [9.17, 15) is 8.78 Å². The van der Waals surface area contributed by atoms with Gasteiger partial charge in [-0.2, -0.15) is 0 Å². The second-order valence-corrected chi connectivity index (χ2v) is 5.68. The summed E-state index contributed by atoms with van der Waals surface area (Å²) in [5.74, 6) is -0.395. The fourth-order valence-corrected chi connectivity index (χ4v) is 2.62. The lowest BCUT2D eigenvalue weighted by Crippen LogP contribution is -2.31. The highest BCUT2D eigenvalue weighted by Crippen LogP contribution is 2.53. The summed E-state index contributed by atoms with van der Waals surface area (Å²) in [6.07, 6.45) is 1.86. The third-order valence-electron chi connectivity index (χ3n) is 3.82. The molecule has 17 heavy (non-hydrogen) atoms. The molecule has 94 valence electrons. The Morgan fingerprint density at radius 3 is 2.24 bits per heavy atom. The lowest BCUT2D eigenvalue weighted by Gasteiger charge is -2.18. The van der Waals surface area contributed by atoms with Gasteiger partial charge in [0.2, 0.25) is 0 Å². The van der Waals surface area contributed by atoms with E-state index in [-0.39, 0.29) is 0 Å². The number of halogens is 2. The van der Waals surface area contributed by atoms with Crippen molar-refractivity contribution in [2.75, 3.05) is 7.05 Å². The van der Waals surface area contributed by atoms with Crippen molar-refractivity contribution in [1.29, 1.82) is 0 Å². The van der Waals surface area contributed by atoms with Gasteiger partial charge in [0, 0.05) is 12.1 Å². The molecule has 3 heteroatoms. The minimum absolute atomic E-state index is 0.297. The van der Waals surface area contributed by atoms with Crippen molar-refractivity contribution in [3.63, 3.8) is 0 Å². The molecule has 0 bridgehead atoms. The molecule has 1 saturated carbocycles. The summed E-state index contributed by atoms with van der Waals surface area (Å²) in [4.78, 5) is 0. The molecule has 1 aliphatic carbocycles. The van der Waals surface area contributed by atoms with E-state index in [0.29, 0.717) is 23.8 Å². The molecule has 2 atom stereocenters. The van der Waals surface area contributed by atoms with Crippen LogP contribution in [0.25, 0.3) is 0 Å². The van der Waals surface area contributed by atoms with E-state index in [2.05, 4.69) is 19.2 Å².